The van der Waals surface area contributed by atoms with Gasteiger partial charge in [0.25, 0.3) is 0 Å². The molecule has 0 radical (unpaired) electrons. The van der Waals surface area contributed by atoms with Crippen LogP contribution in [0.5, 0.6) is 5.88 Å². The summed E-state index contributed by atoms with van der Waals surface area (Å²) in [4.78, 5) is 17.9. The minimum absolute atomic E-state index is 0.0463. The van der Waals surface area contributed by atoms with E-state index in [2.05, 4.69) is 25.8 Å². The summed E-state index contributed by atoms with van der Waals surface area (Å²) in [5.74, 6) is 1.96. The Morgan fingerprint density at radius 2 is 2.12 bits per heavy atom. The highest BCUT2D eigenvalue weighted by Gasteiger charge is 2.08. The summed E-state index contributed by atoms with van der Waals surface area (Å²) >= 11 is 0. The van der Waals surface area contributed by atoms with Crippen molar-refractivity contribution in [2.45, 2.75) is 39.7 Å². The van der Waals surface area contributed by atoms with Crippen LogP contribution in [0, 0.1) is 6.92 Å². The Labute approximate surface area is 154 Å². The number of pyridine rings is 1. The van der Waals surface area contributed by atoms with Gasteiger partial charge in [-0.2, -0.15) is 10.1 Å². The standard InChI is InChI=1S/C18H28N6O2/c1-13(2)19-18(25)24(4)10-5-6-11-26-17-9-7-8-15(21-17)20-16-12-14(3)22-23-16/h7-9,12-13H,5-6,10-11H2,1-4H3,(H,19,25)(H2,20,21,22,23). The van der Waals surface area contributed by atoms with Gasteiger partial charge in [-0.3, -0.25) is 5.10 Å². The summed E-state index contributed by atoms with van der Waals surface area (Å²) in [5, 5.41) is 13.0. The minimum atomic E-state index is -0.0463. The first-order valence-electron chi connectivity index (χ1n) is 8.84. The number of carbonyl (C=O) groups excluding carboxylic acids is 1. The van der Waals surface area contributed by atoms with Crippen LogP contribution in [-0.2, 0) is 0 Å². The number of urea groups is 1. The zero-order chi connectivity index (χ0) is 18.9. The van der Waals surface area contributed by atoms with E-state index in [1.54, 1.807) is 11.9 Å². The highest BCUT2D eigenvalue weighted by atomic mass is 16.5. The second-order valence-electron chi connectivity index (χ2n) is 6.50. The third-order valence-electron chi connectivity index (χ3n) is 3.58. The van der Waals surface area contributed by atoms with Gasteiger partial charge in [-0.25, -0.2) is 4.79 Å². The van der Waals surface area contributed by atoms with Gasteiger partial charge in [0, 0.05) is 37.5 Å². The number of rotatable bonds is 9. The average molecular weight is 360 g/mol. The number of aryl methyl sites for hydroxylation is 1. The lowest BCUT2D eigenvalue weighted by molar-refractivity contribution is 0.203. The van der Waals surface area contributed by atoms with Gasteiger partial charge in [0.1, 0.15) is 5.82 Å². The van der Waals surface area contributed by atoms with Gasteiger partial charge in [-0.05, 0) is 39.7 Å². The molecule has 2 rings (SSSR count). The molecule has 8 nitrogen and oxygen atoms in total. The Morgan fingerprint density at radius 1 is 1.31 bits per heavy atom. The van der Waals surface area contributed by atoms with Crippen molar-refractivity contribution in [2.75, 3.05) is 25.5 Å². The van der Waals surface area contributed by atoms with Gasteiger partial charge in [0.15, 0.2) is 5.82 Å². The molecule has 0 aliphatic rings. The number of hydrogen-bond donors (Lipinski definition) is 3. The molecule has 0 aliphatic carbocycles. The van der Waals surface area contributed by atoms with Crippen LogP contribution in [0.4, 0.5) is 16.4 Å². The monoisotopic (exact) mass is 360 g/mol. The molecule has 8 heteroatoms. The number of nitrogens with one attached hydrogen (secondary N) is 3. The zero-order valence-electron chi connectivity index (χ0n) is 15.9. The molecule has 0 aromatic carbocycles. The van der Waals surface area contributed by atoms with Gasteiger partial charge >= 0.3 is 6.03 Å². The molecule has 2 amide bonds. The maximum Gasteiger partial charge on any atom is 0.317 e. The van der Waals surface area contributed by atoms with Crippen LogP contribution in [0.1, 0.15) is 32.4 Å². The number of anilines is 2. The Kier molecular flexibility index (Phi) is 7.25. The maximum absolute atomic E-state index is 11.8. The molecule has 142 valence electrons. The number of H-pyrrole nitrogens is 1. The lowest BCUT2D eigenvalue weighted by Gasteiger charge is -2.19. The van der Waals surface area contributed by atoms with E-state index >= 15 is 0 Å². The summed E-state index contributed by atoms with van der Waals surface area (Å²) in [7, 11) is 1.80. The third kappa shape index (κ3) is 6.62. The Balaban J connectivity index is 1.69. The van der Waals surface area contributed by atoms with E-state index in [4.69, 9.17) is 4.74 Å². The van der Waals surface area contributed by atoms with E-state index in [-0.39, 0.29) is 12.1 Å². The molecule has 0 aliphatic heterocycles. The van der Waals surface area contributed by atoms with Crippen LogP contribution in [0.3, 0.4) is 0 Å². The van der Waals surface area contributed by atoms with E-state index in [9.17, 15) is 4.79 Å². The molecule has 26 heavy (non-hydrogen) atoms. The second kappa shape index (κ2) is 9.65. The summed E-state index contributed by atoms with van der Waals surface area (Å²) in [6, 6.07) is 7.57. The quantitative estimate of drug-likeness (QED) is 0.597. The molecule has 2 aromatic heterocycles. The van der Waals surface area contributed by atoms with Crippen molar-refractivity contribution < 1.29 is 9.53 Å². The fourth-order valence-electron chi connectivity index (χ4n) is 2.26. The molecular weight excluding hydrogens is 332 g/mol. The van der Waals surface area contributed by atoms with E-state index in [0.717, 1.165) is 24.4 Å². The summed E-state index contributed by atoms with van der Waals surface area (Å²) in [5.41, 5.74) is 0.979. The smallest absolute Gasteiger partial charge is 0.317 e. The number of ether oxygens (including phenoxy) is 1. The first-order chi connectivity index (χ1) is 12.4. The molecule has 0 bridgehead atoms. The summed E-state index contributed by atoms with van der Waals surface area (Å²) in [6.07, 6.45) is 1.71. The summed E-state index contributed by atoms with van der Waals surface area (Å²) < 4.78 is 5.70. The number of amides is 2. The van der Waals surface area contributed by atoms with Crippen LogP contribution in [0.25, 0.3) is 0 Å². The predicted molar refractivity (Wildman–Crippen MR) is 102 cm³/mol. The van der Waals surface area contributed by atoms with Crippen LogP contribution in [-0.4, -0.2) is 52.4 Å². The molecule has 0 saturated heterocycles. The van der Waals surface area contributed by atoms with Crippen LogP contribution in [0.2, 0.25) is 0 Å². The number of nitrogens with zero attached hydrogens (tertiary/aromatic N) is 3. The van der Waals surface area contributed by atoms with E-state index in [1.807, 2.05) is 45.0 Å². The highest BCUT2D eigenvalue weighted by molar-refractivity contribution is 5.74. The molecule has 2 heterocycles. The number of aromatic nitrogens is 3. The van der Waals surface area contributed by atoms with Gasteiger partial charge in [-0.1, -0.05) is 6.07 Å². The molecule has 3 N–H and O–H groups in total. The average Bonchev–Trinajstić information content (AvgIpc) is 2.99. The van der Waals surface area contributed by atoms with Crippen molar-refractivity contribution in [2.24, 2.45) is 0 Å². The van der Waals surface area contributed by atoms with Crippen molar-refractivity contribution in [3.63, 3.8) is 0 Å². The maximum atomic E-state index is 11.8. The van der Waals surface area contributed by atoms with Crippen molar-refractivity contribution in [3.8, 4) is 5.88 Å². The Hall–Kier alpha value is -2.77. The molecule has 0 atom stereocenters. The lowest BCUT2D eigenvalue weighted by atomic mass is 10.3. The van der Waals surface area contributed by atoms with Gasteiger partial charge in [-0.15, -0.1) is 0 Å². The molecule has 2 aromatic rings. The van der Waals surface area contributed by atoms with E-state index in [0.29, 0.717) is 24.8 Å². The topological polar surface area (TPSA) is 95.2 Å². The number of unbranched alkanes of at least 4 members (excludes halogenated alkanes) is 1. The fraction of sp³-hybridized carbons (Fsp3) is 0.500. The molecule has 0 fully saturated rings. The molecule has 0 unspecified atom stereocenters. The normalized spacial score (nSPS) is 10.7. The van der Waals surface area contributed by atoms with Crippen LogP contribution in [0.15, 0.2) is 24.3 Å². The van der Waals surface area contributed by atoms with Crippen LogP contribution < -0.4 is 15.4 Å². The van der Waals surface area contributed by atoms with E-state index < -0.39 is 0 Å². The number of carbonyl (C=O) groups is 1. The zero-order valence-corrected chi connectivity index (χ0v) is 15.9. The first kappa shape index (κ1) is 19.6. The van der Waals surface area contributed by atoms with Crippen molar-refractivity contribution in [1.29, 1.82) is 0 Å². The minimum Gasteiger partial charge on any atom is -0.478 e. The van der Waals surface area contributed by atoms with Crippen LogP contribution >= 0.6 is 0 Å². The summed E-state index contributed by atoms with van der Waals surface area (Å²) in [6.45, 7) is 7.08. The van der Waals surface area contributed by atoms with Gasteiger partial charge in [0.05, 0.1) is 6.61 Å². The Bertz CT molecular complexity index is 700. The Morgan fingerprint density at radius 3 is 2.81 bits per heavy atom. The highest BCUT2D eigenvalue weighted by Crippen LogP contribution is 2.16. The molecular formula is C18H28N6O2. The number of hydrogen-bond acceptors (Lipinski definition) is 5. The SMILES string of the molecule is Cc1cc(Nc2cccc(OCCCCN(C)C(=O)NC(C)C)n2)n[nH]1. The fourth-order valence-corrected chi connectivity index (χ4v) is 2.26. The van der Waals surface area contributed by atoms with Crippen molar-refractivity contribution in [3.05, 3.63) is 30.0 Å². The first-order valence-corrected chi connectivity index (χ1v) is 8.84. The van der Waals surface area contributed by atoms with Crippen molar-refractivity contribution in [1.82, 2.24) is 25.4 Å². The van der Waals surface area contributed by atoms with Gasteiger partial charge in [0.2, 0.25) is 5.88 Å². The second-order valence-corrected chi connectivity index (χ2v) is 6.50. The number of aromatic amines is 1. The van der Waals surface area contributed by atoms with Gasteiger partial charge < -0.3 is 20.3 Å². The molecule has 0 spiro atoms. The molecule has 0 saturated carbocycles. The predicted octanol–water partition coefficient (Wildman–Crippen LogP) is 3.07. The third-order valence-corrected chi connectivity index (χ3v) is 3.58. The largest absolute Gasteiger partial charge is 0.478 e. The lowest BCUT2D eigenvalue weighted by Crippen LogP contribution is -2.41. The van der Waals surface area contributed by atoms with E-state index in [1.165, 1.54) is 0 Å². The van der Waals surface area contributed by atoms with Crippen molar-refractivity contribution >= 4 is 17.7 Å².